The van der Waals surface area contributed by atoms with E-state index in [-0.39, 0.29) is 18.1 Å². The fourth-order valence-electron chi connectivity index (χ4n) is 4.13. The van der Waals surface area contributed by atoms with Gasteiger partial charge in [-0.3, -0.25) is 14.3 Å². The maximum absolute atomic E-state index is 12.9. The van der Waals surface area contributed by atoms with Crippen LogP contribution in [0.3, 0.4) is 0 Å². The first-order chi connectivity index (χ1) is 16.1. The average molecular weight is 437 g/mol. The first kappa shape index (κ1) is 20.7. The van der Waals surface area contributed by atoms with Crippen molar-refractivity contribution < 1.29 is 14.3 Å². The Morgan fingerprint density at radius 3 is 2.73 bits per heavy atom. The van der Waals surface area contributed by atoms with Crippen molar-refractivity contribution in [3.8, 4) is 5.75 Å². The van der Waals surface area contributed by atoms with Gasteiger partial charge in [-0.1, -0.05) is 48.6 Å². The minimum Gasteiger partial charge on any atom is -0.497 e. The molecule has 6 nitrogen and oxygen atoms in total. The number of methoxy groups -OCH3 is 1. The number of benzene rings is 2. The van der Waals surface area contributed by atoms with E-state index in [9.17, 15) is 9.59 Å². The maximum Gasteiger partial charge on any atom is 0.255 e. The maximum atomic E-state index is 12.9. The molecule has 3 aromatic rings. The molecule has 2 aliphatic carbocycles. The number of carbonyl (C=O) groups is 2. The summed E-state index contributed by atoms with van der Waals surface area (Å²) < 4.78 is 6.95. The zero-order chi connectivity index (χ0) is 22.8. The number of carbonyl (C=O) groups excluding carboxylic acids is 2. The smallest absolute Gasteiger partial charge is 0.255 e. The summed E-state index contributed by atoms with van der Waals surface area (Å²) in [6.07, 6.45) is 9.78. The highest BCUT2D eigenvalue weighted by Crippen LogP contribution is 2.32. The molecule has 1 N–H and O–H groups in total. The highest BCUT2D eigenvalue weighted by molar-refractivity contribution is 6.12. The standard InChI is InChI=1S/C27H23N3O3/c1-33-24-9-6-18(7-10-24)16-30-17-23(15-28-30)29-27(32)21-8-11-26(31)25(14-21)22-12-19-4-2-3-5-20(19)13-22/h2-10,12,14-15,17H,11,13,16H2,1H3,(H,29,32). The zero-order valence-corrected chi connectivity index (χ0v) is 18.2. The second-order valence-electron chi connectivity index (χ2n) is 8.12. The van der Waals surface area contributed by atoms with Crippen LogP contribution < -0.4 is 10.1 Å². The van der Waals surface area contributed by atoms with Gasteiger partial charge in [-0.05, 0) is 46.9 Å². The van der Waals surface area contributed by atoms with Crippen molar-refractivity contribution in [3.63, 3.8) is 0 Å². The van der Waals surface area contributed by atoms with E-state index in [4.69, 9.17) is 4.74 Å². The van der Waals surface area contributed by atoms with Gasteiger partial charge in [-0.25, -0.2) is 0 Å². The number of hydrogen-bond donors (Lipinski definition) is 1. The molecule has 0 aliphatic heterocycles. The molecule has 0 radical (unpaired) electrons. The Bertz CT molecular complexity index is 1330. The summed E-state index contributed by atoms with van der Waals surface area (Å²) in [4.78, 5) is 25.5. The predicted octanol–water partition coefficient (Wildman–Crippen LogP) is 4.34. The molecule has 1 aromatic heterocycles. The van der Waals surface area contributed by atoms with Gasteiger partial charge >= 0.3 is 0 Å². The number of hydrogen-bond acceptors (Lipinski definition) is 4. The summed E-state index contributed by atoms with van der Waals surface area (Å²) >= 11 is 0. The monoisotopic (exact) mass is 437 g/mol. The minimum atomic E-state index is -0.250. The Hall–Kier alpha value is -4.19. The van der Waals surface area contributed by atoms with Gasteiger partial charge in [0, 0.05) is 23.8 Å². The summed E-state index contributed by atoms with van der Waals surface area (Å²) in [6, 6.07) is 15.9. The molecule has 0 atom stereocenters. The Morgan fingerprint density at radius 2 is 1.94 bits per heavy atom. The number of ether oxygens (including phenoxy) is 1. The lowest BCUT2D eigenvalue weighted by Gasteiger charge is -2.14. The van der Waals surface area contributed by atoms with E-state index in [1.807, 2.05) is 48.5 Å². The second-order valence-corrected chi connectivity index (χ2v) is 8.12. The van der Waals surface area contributed by atoms with Crippen LogP contribution in [0.1, 0.15) is 23.1 Å². The number of nitrogens with one attached hydrogen (secondary N) is 1. The van der Waals surface area contributed by atoms with Gasteiger partial charge in [0.05, 0.1) is 25.5 Å². The Balaban J connectivity index is 1.27. The largest absolute Gasteiger partial charge is 0.497 e. The minimum absolute atomic E-state index is 0.0397. The van der Waals surface area contributed by atoms with Crippen molar-refractivity contribution >= 4 is 23.5 Å². The van der Waals surface area contributed by atoms with E-state index in [1.54, 1.807) is 36.3 Å². The number of ketones is 1. The van der Waals surface area contributed by atoms with E-state index in [1.165, 1.54) is 5.56 Å². The molecule has 2 aliphatic rings. The van der Waals surface area contributed by atoms with Crippen molar-refractivity contribution in [1.82, 2.24) is 9.78 Å². The third-order valence-corrected chi connectivity index (χ3v) is 5.88. The Labute approximate surface area is 191 Å². The number of rotatable bonds is 6. The van der Waals surface area contributed by atoms with Gasteiger partial charge < -0.3 is 10.1 Å². The zero-order valence-electron chi connectivity index (χ0n) is 18.2. The van der Waals surface area contributed by atoms with Crippen LogP contribution in [0.5, 0.6) is 5.75 Å². The molecule has 0 spiro atoms. The fraction of sp³-hybridized carbons (Fsp3) is 0.148. The molecule has 5 rings (SSSR count). The molecule has 0 fully saturated rings. The van der Waals surface area contributed by atoms with E-state index >= 15 is 0 Å². The van der Waals surface area contributed by atoms with E-state index in [0.29, 0.717) is 29.8 Å². The van der Waals surface area contributed by atoms with E-state index in [2.05, 4.69) is 16.5 Å². The van der Waals surface area contributed by atoms with Gasteiger partial charge in [-0.2, -0.15) is 5.10 Å². The molecule has 0 bridgehead atoms. The normalized spacial score (nSPS) is 14.8. The van der Waals surface area contributed by atoms with Crippen molar-refractivity contribution in [2.24, 2.45) is 0 Å². The summed E-state index contributed by atoms with van der Waals surface area (Å²) in [5.74, 6) is 0.592. The van der Waals surface area contributed by atoms with Crippen LogP contribution in [0.25, 0.3) is 6.08 Å². The molecule has 33 heavy (non-hydrogen) atoms. The van der Waals surface area contributed by atoms with Crippen LogP contribution in [0.4, 0.5) is 5.69 Å². The number of aromatic nitrogens is 2. The number of fused-ring (bicyclic) bond motifs is 1. The lowest BCUT2D eigenvalue weighted by Crippen LogP contribution is -2.18. The van der Waals surface area contributed by atoms with Crippen LogP contribution in [0, 0.1) is 0 Å². The fourth-order valence-corrected chi connectivity index (χ4v) is 4.13. The van der Waals surface area contributed by atoms with Gasteiger partial charge in [0.25, 0.3) is 5.91 Å². The lowest BCUT2D eigenvalue weighted by molar-refractivity contribution is -0.114. The number of nitrogens with zero attached hydrogens (tertiary/aromatic N) is 2. The first-order valence-electron chi connectivity index (χ1n) is 10.8. The summed E-state index contributed by atoms with van der Waals surface area (Å²) in [7, 11) is 1.64. The van der Waals surface area contributed by atoms with E-state index < -0.39 is 0 Å². The van der Waals surface area contributed by atoms with Crippen molar-refractivity contribution in [1.29, 1.82) is 0 Å². The Kier molecular flexibility index (Phi) is 5.48. The van der Waals surface area contributed by atoms with Crippen LogP contribution in [0.2, 0.25) is 0 Å². The molecular formula is C27H23N3O3. The average Bonchev–Trinajstić information content (AvgIpc) is 3.46. The third kappa shape index (κ3) is 4.41. The summed E-state index contributed by atoms with van der Waals surface area (Å²) in [6.45, 7) is 0.579. The van der Waals surface area contributed by atoms with Crippen molar-refractivity contribution in [3.05, 3.63) is 106 Å². The van der Waals surface area contributed by atoms with E-state index in [0.717, 1.165) is 22.4 Å². The van der Waals surface area contributed by atoms with Crippen LogP contribution in [0.15, 0.2) is 89.8 Å². The number of anilines is 1. The number of allylic oxidation sites excluding steroid dienone is 3. The van der Waals surface area contributed by atoms with Crippen LogP contribution in [-0.2, 0) is 22.6 Å². The summed E-state index contributed by atoms with van der Waals surface area (Å²) in [5, 5.41) is 7.23. The molecule has 0 saturated heterocycles. The molecule has 0 unspecified atom stereocenters. The van der Waals surface area contributed by atoms with Crippen LogP contribution in [-0.4, -0.2) is 28.6 Å². The summed E-state index contributed by atoms with van der Waals surface area (Å²) in [5.41, 5.74) is 6.08. The highest BCUT2D eigenvalue weighted by Gasteiger charge is 2.24. The van der Waals surface area contributed by atoms with Crippen LogP contribution >= 0.6 is 0 Å². The number of Topliss-reactive ketones (excluding diaryl/α,β-unsaturated/α-hetero) is 1. The highest BCUT2D eigenvalue weighted by atomic mass is 16.5. The van der Waals surface area contributed by atoms with Gasteiger partial charge in [0.1, 0.15) is 5.75 Å². The SMILES string of the molecule is COc1ccc(Cn2cc(NC(=O)C3=CCC(=O)C(C4=Cc5ccccc5C4)=C3)cn2)cc1. The van der Waals surface area contributed by atoms with Gasteiger partial charge in [-0.15, -0.1) is 0 Å². The first-order valence-corrected chi connectivity index (χ1v) is 10.8. The molecule has 164 valence electrons. The molecular weight excluding hydrogens is 414 g/mol. The third-order valence-electron chi connectivity index (χ3n) is 5.88. The molecule has 0 saturated carbocycles. The topological polar surface area (TPSA) is 73.2 Å². The quantitative estimate of drug-likeness (QED) is 0.623. The second kappa shape index (κ2) is 8.74. The van der Waals surface area contributed by atoms with Gasteiger partial charge in [0.2, 0.25) is 0 Å². The molecule has 2 aromatic carbocycles. The Morgan fingerprint density at radius 1 is 1.12 bits per heavy atom. The predicted molar refractivity (Wildman–Crippen MR) is 127 cm³/mol. The molecule has 6 heteroatoms. The van der Waals surface area contributed by atoms with Gasteiger partial charge in [0.15, 0.2) is 5.78 Å². The lowest BCUT2D eigenvalue weighted by atomic mass is 9.91. The van der Waals surface area contributed by atoms with Crippen molar-refractivity contribution in [2.75, 3.05) is 12.4 Å². The number of amides is 1. The molecule has 1 amide bonds. The van der Waals surface area contributed by atoms with Crippen molar-refractivity contribution in [2.45, 2.75) is 19.4 Å². The molecule has 1 heterocycles.